The highest BCUT2D eigenvalue weighted by atomic mass is 19.4. The first kappa shape index (κ1) is 37.0. The van der Waals surface area contributed by atoms with Crippen molar-refractivity contribution in [3.63, 3.8) is 0 Å². The number of hydrogen-bond donors (Lipinski definition) is 2. The number of esters is 1. The number of halogens is 6. The molecule has 0 spiro atoms. The second-order valence-corrected chi connectivity index (χ2v) is 12.0. The quantitative estimate of drug-likeness (QED) is 0.0297. The Hall–Kier alpha value is -5.27. The Balaban J connectivity index is 1.22. The Morgan fingerprint density at radius 1 is 0.627 bits per heavy atom. The van der Waals surface area contributed by atoms with Crippen LogP contribution in [-0.4, -0.2) is 26.9 Å². The van der Waals surface area contributed by atoms with Crippen molar-refractivity contribution in [3.05, 3.63) is 95.6 Å². The second kappa shape index (κ2) is 15.7. The van der Waals surface area contributed by atoms with Crippen LogP contribution in [0.15, 0.2) is 78.9 Å². The lowest BCUT2D eigenvalue weighted by Crippen LogP contribution is -2.36. The average molecular weight is 718 g/mol. The Morgan fingerprint density at radius 3 is 1.61 bits per heavy atom. The number of benzene rings is 3. The van der Waals surface area contributed by atoms with E-state index in [1.807, 2.05) is 4.57 Å². The molecule has 0 amide bonds. The minimum absolute atomic E-state index is 0.141. The number of carbonyl (C=O) groups excluding carboxylic acids is 2. The van der Waals surface area contributed by atoms with Crippen LogP contribution < -0.4 is 14.1 Å². The van der Waals surface area contributed by atoms with Crippen LogP contribution in [0.4, 0.5) is 26.3 Å². The molecule has 0 unspecified atom stereocenters. The lowest BCUT2D eigenvalue weighted by atomic mass is 10.0. The van der Waals surface area contributed by atoms with E-state index >= 15 is 0 Å². The van der Waals surface area contributed by atoms with Gasteiger partial charge in [-0.2, -0.15) is 30.9 Å². The van der Waals surface area contributed by atoms with Crippen LogP contribution in [0.3, 0.4) is 0 Å². The van der Waals surface area contributed by atoms with Crippen LogP contribution in [0.5, 0.6) is 17.5 Å². The molecule has 0 aliphatic rings. The lowest BCUT2D eigenvalue weighted by Gasteiger charge is -2.18. The number of pyridine rings is 1. The number of nitrogens with zero attached hydrogens (tertiary/aromatic N) is 2. The third-order valence-corrected chi connectivity index (χ3v) is 8.46. The van der Waals surface area contributed by atoms with Crippen molar-refractivity contribution in [2.45, 2.75) is 76.7 Å². The summed E-state index contributed by atoms with van der Waals surface area (Å²) in [6, 6.07) is 17.3. The fourth-order valence-corrected chi connectivity index (χ4v) is 6.06. The van der Waals surface area contributed by atoms with E-state index in [0.29, 0.717) is 57.7 Å². The van der Waals surface area contributed by atoms with Gasteiger partial charge in [0.05, 0.1) is 27.5 Å². The molecule has 2 aromatic heterocycles. The van der Waals surface area contributed by atoms with Crippen molar-refractivity contribution in [3.8, 4) is 17.5 Å². The first-order chi connectivity index (χ1) is 24.3. The van der Waals surface area contributed by atoms with Crippen LogP contribution in [0.25, 0.3) is 21.8 Å². The van der Waals surface area contributed by atoms with Crippen molar-refractivity contribution in [2.75, 3.05) is 0 Å². The monoisotopic (exact) mass is 717 g/mol. The minimum atomic E-state index is -5.21. The highest BCUT2D eigenvalue weighted by molar-refractivity contribution is 6.13. The summed E-state index contributed by atoms with van der Waals surface area (Å²) in [4.78, 5) is 30.5. The molecule has 0 saturated carbocycles. The molecule has 3 aromatic carbocycles. The van der Waals surface area contributed by atoms with Crippen LogP contribution in [0, 0.1) is 0 Å². The van der Waals surface area contributed by atoms with Gasteiger partial charge in [-0.1, -0.05) is 62.4 Å². The zero-order valence-corrected chi connectivity index (χ0v) is 27.3. The van der Waals surface area contributed by atoms with Gasteiger partial charge in [-0.15, -0.1) is 4.73 Å². The average Bonchev–Trinajstić information content (AvgIpc) is 3.39. The zero-order valence-electron chi connectivity index (χ0n) is 27.3. The number of fused-ring (bicyclic) bond motifs is 2. The van der Waals surface area contributed by atoms with Gasteiger partial charge < -0.3 is 19.8 Å². The number of aromatic nitrogens is 2. The summed E-state index contributed by atoms with van der Waals surface area (Å²) in [7, 11) is 0. The smallest absolute Gasteiger partial charge is 0.420 e. The highest BCUT2D eigenvalue weighted by Gasteiger charge is 2.43. The van der Waals surface area contributed by atoms with Gasteiger partial charge in [0.1, 0.15) is 6.54 Å². The van der Waals surface area contributed by atoms with E-state index in [1.54, 1.807) is 48.5 Å². The second-order valence-electron chi connectivity index (χ2n) is 12.0. The summed E-state index contributed by atoms with van der Waals surface area (Å²) >= 11 is 0. The molecule has 2 heterocycles. The van der Waals surface area contributed by atoms with Gasteiger partial charge in [0.25, 0.3) is 0 Å². The number of ether oxygens (including phenoxy) is 1. The Bertz CT molecular complexity index is 1910. The molecule has 0 fully saturated rings. The first-order valence-electron chi connectivity index (χ1n) is 16.4. The number of unbranched alkanes of at least 4 members (excludes halogenated alkanes) is 7. The summed E-state index contributed by atoms with van der Waals surface area (Å²) in [5.74, 6) is -4.25. The van der Waals surface area contributed by atoms with E-state index in [9.17, 15) is 46.1 Å². The largest absolute Gasteiger partial charge is 0.492 e. The molecule has 270 valence electrons. The number of carbonyl (C=O) groups is 2. The maximum atomic E-state index is 13.8. The number of aromatic hydroxyl groups is 2. The summed E-state index contributed by atoms with van der Waals surface area (Å²) in [5.41, 5.74) is -2.41. The van der Waals surface area contributed by atoms with Crippen molar-refractivity contribution >= 4 is 33.7 Å². The molecule has 0 saturated heterocycles. The van der Waals surface area contributed by atoms with Crippen molar-refractivity contribution in [1.82, 2.24) is 4.73 Å². The SMILES string of the molecule is O=C(CCCCCCCCCC[n+]1c2ccccc2c(C(=O)Oc2c(C(F)(F)F)cccc2C(F)(F)F)c2ccccc21)On1c(O)ccc1O. The van der Waals surface area contributed by atoms with E-state index in [0.717, 1.165) is 44.9 Å². The summed E-state index contributed by atoms with van der Waals surface area (Å²) in [6.45, 7) is 0.542. The maximum absolute atomic E-state index is 13.8. The third-order valence-electron chi connectivity index (χ3n) is 8.46. The molecular weight excluding hydrogens is 682 g/mol. The van der Waals surface area contributed by atoms with Crippen LogP contribution >= 0.6 is 0 Å². The number of aryl methyl sites for hydroxylation is 1. The fourth-order valence-electron chi connectivity index (χ4n) is 6.06. The first-order valence-corrected chi connectivity index (χ1v) is 16.4. The van der Waals surface area contributed by atoms with Gasteiger partial charge in [0.2, 0.25) is 22.8 Å². The molecule has 8 nitrogen and oxygen atoms in total. The number of rotatable bonds is 14. The minimum Gasteiger partial charge on any atom is -0.492 e. The number of alkyl halides is 6. The fraction of sp³-hybridized carbons (Fsp3) is 0.324. The molecule has 14 heteroatoms. The van der Waals surface area contributed by atoms with E-state index in [4.69, 9.17) is 9.57 Å². The lowest BCUT2D eigenvalue weighted by molar-refractivity contribution is -0.645. The predicted octanol–water partition coefficient (Wildman–Crippen LogP) is 8.92. The number of hydrogen-bond acceptors (Lipinski definition) is 6. The molecule has 0 aliphatic heterocycles. The predicted molar refractivity (Wildman–Crippen MR) is 174 cm³/mol. The zero-order chi connectivity index (χ0) is 36.8. The van der Waals surface area contributed by atoms with Crippen LogP contribution in [-0.2, 0) is 23.7 Å². The summed E-state index contributed by atoms with van der Waals surface area (Å²) in [6.07, 6.45) is -3.46. The molecule has 0 bridgehead atoms. The van der Waals surface area contributed by atoms with E-state index in [2.05, 4.69) is 0 Å². The molecule has 5 aromatic rings. The van der Waals surface area contributed by atoms with Crippen LogP contribution in [0.1, 0.15) is 79.3 Å². The molecule has 0 radical (unpaired) electrons. The van der Waals surface area contributed by atoms with Crippen LogP contribution in [0.2, 0.25) is 0 Å². The Kier molecular flexibility index (Phi) is 11.4. The molecular formula is C37H35F6N2O6+. The molecule has 0 atom stereocenters. The van der Waals surface area contributed by atoms with Gasteiger partial charge in [0, 0.05) is 37.1 Å². The van der Waals surface area contributed by atoms with Gasteiger partial charge >= 0.3 is 24.3 Å². The van der Waals surface area contributed by atoms with Gasteiger partial charge in [-0.25, -0.2) is 9.59 Å². The highest BCUT2D eigenvalue weighted by Crippen LogP contribution is 2.44. The van der Waals surface area contributed by atoms with Crippen molar-refractivity contribution in [2.24, 2.45) is 0 Å². The molecule has 2 N–H and O–H groups in total. The van der Waals surface area contributed by atoms with E-state index in [-0.39, 0.29) is 23.7 Å². The number of para-hydroxylation sites is 3. The van der Waals surface area contributed by atoms with Gasteiger partial charge in [0.15, 0.2) is 5.75 Å². The summed E-state index contributed by atoms with van der Waals surface area (Å²) in [5, 5.41) is 19.8. The van der Waals surface area contributed by atoms with E-state index < -0.39 is 41.2 Å². The summed E-state index contributed by atoms with van der Waals surface area (Å²) < 4.78 is 90.5. The molecule has 0 aliphatic carbocycles. The normalized spacial score (nSPS) is 12.0. The van der Waals surface area contributed by atoms with Crippen molar-refractivity contribution < 1.29 is 60.3 Å². The van der Waals surface area contributed by atoms with E-state index in [1.165, 1.54) is 12.1 Å². The standard InChI is InChI=1S/C37H34F6N2O6/c38-36(39,40)26-16-13-17-27(37(41,42)43)34(26)50-35(49)33-24-14-8-10-18-28(24)44(29-19-11-9-15-25(29)33)23-12-6-4-2-1-3-5-7-20-32(48)51-45-30(46)21-22-31(45)47/h8-11,13-19,21-22,49H,1-7,12,20,23H2/p+1. The molecule has 5 rings (SSSR count). The van der Waals surface area contributed by atoms with Crippen molar-refractivity contribution in [1.29, 1.82) is 0 Å². The topological polar surface area (TPSA) is 102 Å². The Labute approximate surface area is 288 Å². The molecule has 51 heavy (non-hydrogen) atoms. The third kappa shape index (κ3) is 8.73. The van der Waals surface area contributed by atoms with Gasteiger partial charge in [-0.05, 0) is 37.1 Å². The van der Waals surface area contributed by atoms with Gasteiger partial charge in [-0.3, -0.25) is 0 Å². The maximum Gasteiger partial charge on any atom is 0.420 e. The Morgan fingerprint density at radius 2 is 1.10 bits per heavy atom.